The van der Waals surface area contributed by atoms with Crippen molar-refractivity contribution < 1.29 is 9.53 Å². The highest BCUT2D eigenvalue weighted by atomic mass is 16.5. The van der Waals surface area contributed by atoms with Gasteiger partial charge < -0.3 is 4.74 Å². The maximum absolute atomic E-state index is 12.0. The van der Waals surface area contributed by atoms with E-state index in [0.717, 1.165) is 51.0 Å². The van der Waals surface area contributed by atoms with Gasteiger partial charge in [-0.3, -0.25) is 4.79 Å². The number of carbonyl (C=O) groups excluding carboxylic acids is 1. The molecule has 0 amide bonds. The lowest BCUT2D eigenvalue weighted by Crippen LogP contribution is -2.04. The third-order valence-electron chi connectivity index (χ3n) is 4.72. The van der Waals surface area contributed by atoms with Gasteiger partial charge in [-0.15, -0.1) is 0 Å². The SMILES string of the molecule is CCc1ccc2c(-c3ccc4c(c3)C=CCC4=O)ccc(OC)c2n1. The molecule has 0 N–H and O–H groups in total. The summed E-state index contributed by atoms with van der Waals surface area (Å²) in [6, 6.07) is 14.2. The first-order valence-corrected chi connectivity index (χ1v) is 8.52. The Hall–Kier alpha value is -2.94. The first kappa shape index (κ1) is 15.6. The number of allylic oxidation sites excluding steroid dienone is 1. The highest BCUT2D eigenvalue weighted by Gasteiger charge is 2.15. The Labute approximate surface area is 147 Å². The fraction of sp³-hybridized carbons (Fsp3) is 0.182. The lowest BCUT2D eigenvalue weighted by atomic mass is 9.91. The van der Waals surface area contributed by atoms with Gasteiger partial charge in [0.15, 0.2) is 5.78 Å². The molecule has 3 aromatic rings. The van der Waals surface area contributed by atoms with Gasteiger partial charge in [0.2, 0.25) is 0 Å². The second-order valence-electron chi connectivity index (χ2n) is 6.20. The predicted molar refractivity (Wildman–Crippen MR) is 101 cm³/mol. The average molecular weight is 329 g/mol. The van der Waals surface area contributed by atoms with Gasteiger partial charge >= 0.3 is 0 Å². The van der Waals surface area contributed by atoms with Crippen molar-refractivity contribution in [2.75, 3.05) is 7.11 Å². The van der Waals surface area contributed by atoms with Crippen LogP contribution in [0.1, 0.15) is 35.0 Å². The van der Waals surface area contributed by atoms with Crippen LogP contribution in [0.25, 0.3) is 28.1 Å². The second-order valence-corrected chi connectivity index (χ2v) is 6.20. The van der Waals surface area contributed by atoms with Crippen LogP contribution in [-0.2, 0) is 6.42 Å². The highest BCUT2D eigenvalue weighted by Crippen LogP contribution is 2.35. The maximum atomic E-state index is 12.0. The number of benzene rings is 2. The fourth-order valence-electron chi connectivity index (χ4n) is 3.37. The van der Waals surface area contributed by atoms with Gasteiger partial charge in [-0.05, 0) is 47.4 Å². The molecule has 0 unspecified atom stereocenters. The monoisotopic (exact) mass is 329 g/mol. The van der Waals surface area contributed by atoms with Gasteiger partial charge in [0.05, 0.1) is 7.11 Å². The van der Waals surface area contributed by atoms with E-state index >= 15 is 0 Å². The minimum absolute atomic E-state index is 0.179. The third kappa shape index (κ3) is 2.62. The molecule has 0 aliphatic heterocycles. The number of nitrogens with zero attached hydrogens (tertiary/aromatic N) is 1. The molecular formula is C22H19NO2. The number of pyridine rings is 1. The van der Waals surface area contributed by atoms with Crippen LogP contribution in [0.5, 0.6) is 5.75 Å². The van der Waals surface area contributed by atoms with Crippen molar-refractivity contribution in [3.63, 3.8) is 0 Å². The molecule has 1 aromatic heterocycles. The maximum Gasteiger partial charge on any atom is 0.167 e. The van der Waals surface area contributed by atoms with Crippen molar-refractivity contribution in [1.29, 1.82) is 0 Å². The number of aryl methyl sites for hydroxylation is 1. The molecule has 4 rings (SSSR count). The molecule has 25 heavy (non-hydrogen) atoms. The van der Waals surface area contributed by atoms with Crippen molar-refractivity contribution in [1.82, 2.24) is 4.98 Å². The van der Waals surface area contributed by atoms with E-state index in [-0.39, 0.29) is 5.78 Å². The van der Waals surface area contributed by atoms with Gasteiger partial charge in [-0.1, -0.05) is 37.3 Å². The van der Waals surface area contributed by atoms with Gasteiger partial charge in [0.25, 0.3) is 0 Å². The molecule has 3 nitrogen and oxygen atoms in total. The minimum Gasteiger partial charge on any atom is -0.494 e. The summed E-state index contributed by atoms with van der Waals surface area (Å²) >= 11 is 0. The summed E-state index contributed by atoms with van der Waals surface area (Å²) < 4.78 is 5.50. The Morgan fingerprint density at radius 1 is 1.08 bits per heavy atom. The molecule has 0 spiro atoms. The topological polar surface area (TPSA) is 39.2 Å². The summed E-state index contributed by atoms with van der Waals surface area (Å²) in [7, 11) is 1.67. The number of Topliss-reactive ketones (excluding diaryl/α,β-unsaturated/α-hetero) is 1. The molecule has 1 aliphatic rings. The van der Waals surface area contributed by atoms with E-state index in [2.05, 4.69) is 31.2 Å². The Bertz CT molecular complexity index is 1020. The van der Waals surface area contributed by atoms with Gasteiger partial charge in [0.1, 0.15) is 11.3 Å². The van der Waals surface area contributed by atoms with Gasteiger partial charge in [-0.25, -0.2) is 4.98 Å². The van der Waals surface area contributed by atoms with E-state index in [1.54, 1.807) is 7.11 Å². The molecule has 0 saturated heterocycles. The zero-order valence-electron chi connectivity index (χ0n) is 14.4. The van der Waals surface area contributed by atoms with Crippen LogP contribution >= 0.6 is 0 Å². The van der Waals surface area contributed by atoms with E-state index < -0.39 is 0 Å². The largest absolute Gasteiger partial charge is 0.494 e. The van der Waals surface area contributed by atoms with Crippen molar-refractivity contribution >= 4 is 22.8 Å². The molecule has 124 valence electrons. The minimum atomic E-state index is 0.179. The van der Waals surface area contributed by atoms with Crippen molar-refractivity contribution in [2.24, 2.45) is 0 Å². The average Bonchev–Trinajstić information content (AvgIpc) is 2.66. The van der Waals surface area contributed by atoms with Crippen LogP contribution < -0.4 is 4.74 Å². The summed E-state index contributed by atoms with van der Waals surface area (Å²) in [5, 5.41) is 1.06. The molecule has 0 bridgehead atoms. The number of rotatable bonds is 3. The summed E-state index contributed by atoms with van der Waals surface area (Å²) in [5.41, 5.74) is 5.88. The van der Waals surface area contributed by atoms with Gasteiger partial charge in [0, 0.05) is 23.1 Å². The van der Waals surface area contributed by atoms with E-state index in [1.165, 1.54) is 0 Å². The summed E-state index contributed by atoms with van der Waals surface area (Å²) in [4.78, 5) is 16.8. The molecule has 0 saturated carbocycles. The molecule has 1 aliphatic carbocycles. The van der Waals surface area contributed by atoms with E-state index in [0.29, 0.717) is 6.42 Å². The second kappa shape index (κ2) is 6.17. The number of aromatic nitrogens is 1. The number of fused-ring (bicyclic) bond motifs is 2. The molecule has 0 fully saturated rings. The predicted octanol–water partition coefficient (Wildman–Crippen LogP) is 5.07. The summed E-state index contributed by atoms with van der Waals surface area (Å²) in [6.07, 6.45) is 5.33. The Morgan fingerprint density at radius 2 is 1.92 bits per heavy atom. The lowest BCUT2D eigenvalue weighted by Gasteiger charge is -2.14. The first-order chi connectivity index (χ1) is 12.2. The number of ketones is 1. The molecule has 2 aromatic carbocycles. The Kier molecular flexibility index (Phi) is 3.85. The molecular weight excluding hydrogens is 310 g/mol. The van der Waals surface area contributed by atoms with Crippen molar-refractivity contribution in [3.8, 4) is 16.9 Å². The standard InChI is InChI=1S/C22H19NO2/c1-3-16-8-10-19-17(11-12-21(25-2)22(19)23-16)15-7-9-18-14(13-15)5-4-6-20(18)24/h4-5,7-13H,3,6H2,1-2H3. The fourth-order valence-corrected chi connectivity index (χ4v) is 3.37. The van der Waals surface area contributed by atoms with Crippen molar-refractivity contribution in [3.05, 3.63) is 65.4 Å². The highest BCUT2D eigenvalue weighted by molar-refractivity contribution is 6.04. The van der Waals surface area contributed by atoms with Crippen LogP contribution in [0.3, 0.4) is 0 Å². The normalized spacial score (nSPS) is 13.1. The quantitative estimate of drug-likeness (QED) is 0.673. The Balaban J connectivity index is 1.93. The lowest BCUT2D eigenvalue weighted by molar-refractivity contribution is 0.0994. The molecule has 1 heterocycles. The van der Waals surface area contributed by atoms with E-state index in [9.17, 15) is 4.79 Å². The number of hydrogen-bond acceptors (Lipinski definition) is 3. The van der Waals surface area contributed by atoms with Crippen LogP contribution in [0.2, 0.25) is 0 Å². The van der Waals surface area contributed by atoms with Crippen LogP contribution in [0.4, 0.5) is 0 Å². The zero-order chi connectivity index (χ0) is 17.4. The summed E-state index contributed by atoms with van der Waals surface area (Å²) in [6.45, 7) is 2.09. The van der Waals surface area contributed by atoms with Crippen LogP contribution in [0.15, 0.2) is 48.5 Å². The smallest absolute Gasteiger partial charge is 0.167 e. The zero-order valence-corrected chi connectivity index (χ0v) is 14.4. The number of hydrogen-bond donors (Lipinski definition) is 0. The first-order valence-electron chi connectivity index (χ1n) is 8.52. The van der Waals surface area contributed by atoms with Crippen molar-refractivity contribution in [2.45, 2.75) is 19.8 Å². The third-order valence-corrected chi connectivity index (χ3v) is 4.72. The summed E-state index contributed by atoms with van der Waals surface area (Å²) in [5.74, 6) is 0.958. The molecule has 3 heteroatoms. The molecule has 0 atom stereocenters. The van der Waals surface area contributed by atoms with Gasteiger partial charge in [-0.2, -0.15) is 0 Å². The van der Waals surface area contributed by atoms with Crippen LogP contribution in [-0.4, -0.2) is 17.9 Å². The molecule has 0 radical (unpaired) electrons. The van der Waals surface area contributed by atoms with E-state index in [4.69, 9.17) is 9.72 Å². The number of ether oxygens (including phenoxy) is 1. The number of methoxy groups -OCH3 is 1. The van der Waals surface area contributed by atoms with E-state index in [1.807, 2.05) is 30.4 Å². The Morgan fingerprint density at radius 3 is 2.72 bits per heavy atom. The van der Waals surface area contributed by atoms with Crippen LogP contribution in [0, 0.1) is 0 Å². The number of carbonyl (C=O) groups is 1.